The average Bonchev–Trinajstić information content (AvgIpc) is 2.94. The van der Waals surface area contributed by atoms with E-state index < -0.39 is 0 Å². The van der Waals surface area contributed by atoms with Crippen molar-refractivity contribution in [3.05, 3.63) is 53.1 Å². The third-order valence-corrected chi connectivity index (χ3v) is 9.10. The molecule has 0 unspecified atom stereocenters. The van der Waals surface area contributed by atoms with Gasteiger partial charge in [0.2, 0.25) is 0 Å². The Morgan fingerprint density at radius 2 is 1.75 bits per heavy atom. The van der Waals surface area contributed by atoms with Gasteiger partial charge in [0, 0.05) is 5.41 Å². The summed E-state index contributed by atoms with van der Waals surface area (Å²) in [6.07, 6.45) is 11.7. The van der Waals surface area contributed by atoms with Gasteiger partial charge in [-0.15, -0.1) is 0 Å². The summed E-state index contributed by atoms with van der Waals surface area (Å²) in [5, 5.41) is 21.5. The highest BCUT2D eigenvalue weighted by Gasteiger charge is 2.59. The van der Waals surface area contributed by atoms with E-state index in [4.69, 9.17) is 0 Å². The van der Waals surface area contributed by atoms with Crippen molar-refractivity contribution in [3.63, 3.8) is 0 Å². The maximum Gasteiger partial charge on any atom is 0.0809 e. The summed E-state index contributed by atoms with van der Waals surface area (Å²) in [6, 6.07) is 10.5. The minimum absolute atomic E-state index is 0.0116. The van der Waals surface area contributed by atoms with Crippen LogP contribution in [0.25, 0.3) is 6.08 Å². The van der Waals surface area contributed by atoms with E-state index in [9.17, 15) is 10.2 Å². The van der Waals surface area contributed by atoms with Crippen LogP contribution in [0, 0.1) is 28.6 Å². The first-order valence-corrected chi connectivity index (χ1v) is 11.2. The second-order valence-corrected chi connectivity index (χ2v) is 10.4. The highest BCUT2D eigenvalue weighted by Crippen LogP contribution is 2.65. The fourth-order valence-electron chi connectivity index (χ4n) is 7.40. The number of hydrogen-bond donors (Lipinski definition) is 2. The summed E-state index contributed by atoms with van der Waals surface area (Å²) in [4.78, 5) is 0. The predicted molar refractivity (Wildman–Crippen MR) is 114 cm³/mol. The maximum absolute atomic E-state index is 11.3. The first-order valence-electron chi connectivity index (χ1n) is 11.2. The Balaban J connectivity index is 1.47. The van der Waals surface area contributed by atoms with Gasteiger partial charge in [-0.2, -0.15) is 0 Å². The normalized spacial score (nSPS) is 46.5. The first-order chi connectivity index (χ1) is 13.4. The maximum atomic E-state index is 11.3. The molecule has 3 fully saturated rings. The van der Waals surface area contributed by atoms with Gasteiger partial charge in [-0.05, 0) is 79.3 Å². The number of fused-ring (bicyclic) bond motifs is 5. The molecule has 0 spiro atoms. The molecule has 28 heavy (non-hydrogen) atoms. The van der Waals surface area contributed by atoms with E-state index in [1.807, 2.05) is 6.07 Å². The van der Waals surface area contributed by atoms with Gasteiger partial charge in [0.05, 0.1) is 12.2 Å². The number of allylic oxidation sites excluding steroid dienone is 1. The van der Waals surface area contributed by atoms with Gasteiger partial charge >= 0.3 is 0 Å². The van der Waals surface area contributed by atoms with Crippen molar-refractivity contribution in [1.29, 1.82) is 0 Å². The number of aliphatic hydroxyl groups is 2. The Morgan fingerprint density at radius 1 is 0.964 bits per heavy atom. The zero-order valence-electron chi connectivity index (χ0n) is 17.3. The number of rotatable bonds is 1. The number of benzene rings is 1. The Bertz CT molecular complexity index is 809. The summed E-state index contributed by atoms with van der Waals surface area (Å²) in [7, 11) is 0. The van der Waals surface area contributed by atoms with E-state index in [-0.39, 0.29) is 23.0 Å². The molecule has 2 N–H and O–H groups in total. The molecule has 7 atom stereocenters. The van der Waals surface area contributed by atoms with Crippen LogP contribution in [0.5, 0.6) is 0 Å². The van der Waals surface area contributed by atoms with Crippen molar-refractivity contribution in [1.82, 2.24) is 0 Å². The molecule has 0 bridgehead atoms. The average molecular weight is 379 g/mol. The van der Waals surface area contributed by atoms with Crippen molar-refractivity contribution in [2.45, 2.75) is 71.0 Å². The van der Waals surface area contributed by atoms with Crippen LogP contribution in [0.1, 0.15) is 64.4 Å². The van der Waals surface area contributed by atoms with Crippen LogP contribution in [0.15, 0.2) is 47.6 Å². The van der Waals surface area contributed by atoms with Crippen LogP contribution >= 0.6 is 0 Å². The molecule has 4 aliphatic rings. The quantitative estimate of drug-likeness (QED) is 0.646. The molecule has 1 aromatic carbocycles. The minimum atomic E-state index is -0.315. The van der Waals surface area contributed by atoms with E-state index >= 15 is 0 Å². The summed E-state index contributed by atoms with van der Waals surface area (Å²) in [5.41, 5.74) is 4.24. The molecular weight excluding hydrogens is 344 g/mol. The fourth-order valence-corrected chi connectivity index (χ4v) is 7.40. The van der Waals surface area contributed by atoms with Gasteiger partial charge < -0.3 is 10.2 Å². The fraction of sp³-hybridized carbons (Fsp3) is 0.615. The monoisotopic (exact) mass is 378 g/mol. The topological polar surface area (TPSA) is 40.5 Å². The molecule has 3 saturated carbocycles. The lowest BCUT2D eigenvalue weighted by molar-refractivity contribution is -0.0685. The Labute approximate surface area is 169 Å². The predicted octanol–water partition coefficient (Wildman–Crippen LogP) is 5.36. The SMILES string of the molecule is C[C@]12CC[C@H]3[C@@H](CC=C4C[C@@H](O)CC[C@@]43C)[C@@H]1C/C(=C\c1ccccc1)[C@@H]2O. The van der Waals surface area contributed by atoms with E-state index in [1.165, 1.54) is 23.1 Å². The standard InChI is InChI=1S/C26H34O2/c1-25-12-10-20(27)16-19(25)8-9-21-22(25)11-13-26(2)23(21)15-18(24(26)28)14-17-6-4-3-5-7-17/h3-8,14,20-24,27-28H,9-13,15-16H2,1-2H3/b18-14+/t20-,21+,22-,23-,24-,25-,26-/m0/s1. The molecule has 0 aliphatic heterocycles. The highest BCUT2D eigenvalue weighted by molar-refractivity contribution is 5.55. The lowest BCUT2D eigenvalue weighted by Crippen LogP contribution is -2.51. The van der Waals surface area contributed by atoms with Gasteiger partial charge in [0.25, 0.3) is 0 Å². The van der Waals surface area contributed by atoms with Crippen LogP contribution in [-0.2, 0) is 0 Å². The Kier molecular flexibility index (Phi) is 4.37. The highest BCUT2D eigenvalue weighted by atomic mass is 16.3. The van der Waals surface area contributed by atoms with Gasteiger partial charge in [0.15, 0.2) is 0 Å². The van der Waals surface area contributed by atoms with Crippen molar-refractivity contribution in [2.75, 3.05) is 0 Å². The van der Waals surface area contributed by atoms with Gasteiger partial charge in [0.1, 0.15) is 0 Å². The third kappa shape index (κ3) is 2.68. The minimum Gasteiger partial charge on any atom is -0.393 e. The Hall–Kier alpha value is -1.38. The lowest BCUT2D eigenvalue weighted by atomic mass is 9.48. The van der Waals surface area contributed by atoms with E-state index in [2.05, 4.69) is 50.3 Å². The van der Waals surface area contributed by atoms with E-state index in [1.54, 1.807) is 0 Å². The molecule has 0 amide bonds. The molecule has 1 aromatic rings. The second kappa shape index (κ2) is 6.57. The molecule has 0 heterocycles. The molecule has 5 rings (SSSR count). The van der Waals surface area contributed by atoms with Crippen molar-refractivity contribution < 1.29 is 10.2 Å². The summed E-state index contributed by atoms with van der Waals surface area (Å²) < 4.78 is 0. The molecule has 150 valence electrons. The van der Waals surface area contributed by atoms with Crippen LogP contribution in [0.3, 0.4) is 0 Å². The van der Waals surface area contributed by atoms with Crippen molar-refractivity contribution >= 4 is 6.08 Å². The molecule has 2 nitrogen and oxygen atoms in total. The summed E-state index contributed by atoms with van der Waals surface area (Å²) in [5.74, 6) is 1.94. The largest absolute Gasteiger partial charge is 0.393 e. The van der Waals surface area contributed by atoms with Crippen molar-refractivity contribution in [3.8, 4) is 0 Å². The van der Waals surface area contributed by atoms with E-state index in [0.717, 1.165) is 38.5 Å². The molecule has 0 aromatic heterocycles. The molecular formula is C26H34O2. The van der Waals surface area contributed by atoms with Gasteiger partial charge in [-0.3, -0.25) is 0 Å². The van der Waals surface area contributed by atoms with Gasteiger partial charge in [-0.25, -0.2) is 0 Å². The van der Waals surface area contributed by atoms with E-state index in [0.29, 0.717) is 17.8 Å². The number of aliphatic hydroxyl groups excluding tert-OH is 2. The lowest BCUT2D eigenvalue weighted by Gasteiger charge is -2.57. The Morgan fingerprint density at radius 3 is 2.54 bits per heavy atom. The van der Waals surface area contributed by atoms with Crippen molar-refractivity contribution in [2.24, 2.45) is 28.6 Å². The van der Waals surface area contributed by atoms with Crippen LogP contribution in [0.4, 0.5) is 0 Å². The molecule has 0 radical (unpaired) electrons. The zero-order valence-corrected chi connectivity index (χ0v) is 17.3. The number of hydrogen-bond acceptors (Lipinski definition) is 2. The zero-order chi connectivity index (χ0) is 19.5. The summed E-state index contributed by atoms with van der Waals surface area (Å²) in [6.45, 7) is 4.81. The van der Waals surface area contributed by atoms with Gasteiger partial charge in [-0.1, -0.05) is 61.9 Å². The smallest absolute Gasteiger partial charge is 0.0809 e. The van der Waals surface area contributed by atoms with Crippen LogP contribution < -0.4 is 0 Å². The van der Waals surface area contributed by atoms with Crippen LogP contribution in [0.2, 0.25) is 0 Å². The molecule has 4 aliphatic carbocycles. The molecule has 2 heteroatoms. The summed E-state index contributed by atoms with van der Waals surface area (Å²) >= 11 is 0. The van der Waals surface area contributed by atoms with Crippen LogP contribution in [-0.4, -0.2) is 22.4 Å². The third-order valence-electron chi connectivity index (χ3n) is 9.10. The molecule has 0 saturated heterocycles. The second-order valence-electron chi connectivity index (χ2n) is 10.4. The first kappa shape index (κ1) is 18.6.